The van der Waals surface area contributed by atoms with Gasteiger partial charge < -0.3 is 0 Å². The SMILES string of the molecule is Cc1c2ccccc2nn1CC1CCC(C(=O)N2OCC[C@H]2c2cc(F)cc(C#N)c2)CC1. The van der Waals surface area contributed by atoms with Crippen LogP contribution in [0.3, 0.4) is 0 Å². The number of nitriles is 1. The van der Waals surface area contributed by atoms with E-state index in [0.29, 0.717) is 24.5 Å². The standard InChI is InChI=1S/C26H27FN4O2/c1-17-23-4-2-3-5-24(23)29-30(17)16-18-6-8-20(9-7-18)26(32)31-25(10-11-33-31)21-12-19(15-28)13-22(27)14-21/h2-5,12-14,18,20,25H,6-11,16H2,1H3/t18?,20?,25-/m0/s1. The van der Waals surface area contributed by atoms with E-state index >= 15 is 0 Å². The van der Waals surface area contributed by atoms with Crippen LogP contribution in [0.1, 0.15) is 55.0 Å². The van der Waals surface area contributed by atoms with E-state index in [1.165, 1.54) is 28.3 Å². The van der Waals surface area contributed by atoms with Crippen LogP contribution in [-0.4, -0.2) is 27.4 Å². The van der Waals surface area contributed by atoms with Gasteiger partial charge >= 0.3 is 0 Å². The van der Waals surface area contributed by atoms with Crippen LogP contribution in [0.2, 0.25) is 0 Å². The minimum atomic E-state index is -0.467. The van der Waals surface area contributed by atoms with E-state index in [4.69, 9.17) is 15.2 Å². The van der Waals surface area contributed by atoms with Gasteiger partial charge in [-0.1, -0.05) is 18.2 Å². The molecule has 2 fully saturated rings. The minimum Gasteiger partial charge on any atom is -0.272 e. The zero-order valence-corrected chi connectivity index (χ0v) is 18.7. The molecule has 1 aliphatic heterocycles. The van der Waals surface area contributed by atoms with Crippen LogP contribution in [0.4, 0.5) is 4.39 Å². The summed E-state index contributed by atoms with van der Waals surface area (Å²) in [5.41, 5.74) is 3.08. The van der Waals surface area contributed by atoms with Crippen molar-refractivity contribution in [1.82, 2.24) is 14.8 Å². The first-order valence-corrected chi connectivity index (χ1v) is 11.6. The first kappa shape index (κ1) is 21.6. The van der Waals surface area contributed by atoms with Crippen molar-refractivity contribution in [3.8, 4) is 6.07 Å². The number of rotatable bonds is 4. The molecule has 1 aromatic heterocycles. The Morgan fingerprint density at radius 3 is 2.73 bits per heavy atom. The highest BCUT2D eigenvalue weighted by Crippen LogP contribution is 2.37. The molecule has 33 heavy (non-hydrogen) atoms. The molecule has 0 bridgehead atoms. The highest BCUT2D eigenvalue weighted by Gasteiger charge is 2.37. The Morgan fingerprint density at radius 1 is 1.18 bits per heavy atom. The highest BCUT2D eigenvalue weighted by atomic mass is 19.1. The summed E-state index contributed by atoms with van der Waals surface area (Å²) >= 11 is 0. The number of carbonyl (C=O) groups excluding carboxylic acids is 1. The summed E-state index contributed by atoms with van der Waals surface area (Å²) in [6.45, 7) is 3.39. The fraction of sp³-hybridized carbons (Fsp3) is 0.423. The summed E-state index contributed by atoms with van der Waals surface area (Å²) in [7, 11) is 0. The van der Waals surface area contributed by atoms with Gasteiger partial charge in [0, 0.05) is 30.0 Å². The number of aromatic nitrogens is 2. The number of hydrogen-bond donors (Lipinski definition) is 0. The number of benzene rings is 2. The number of carbonyl (C=O) groups is 1. The van der Waals surface area contributed by atoms with Gasteiger partial charge in [0.25, 0.3) is 0 Å². The summed E-state index contributed by atoms with van der Waals surface area (Å²) in [4.78, 5) is 19.0. The summed E-state index contributed by atoms with van der Waals surface area (Å²) in [5.74, 6) is -0.104. The molecule has 2 aromatic carbocycles. The molecule has 2 aliphatic rings. The van der Waals surface area contributed by atoms with Crippen LogP contribution in [0.25, 0.3) is 10.9 Å². The van der Waals surface area contributed by atoms with Crippen LogP contribution in [0, 0.1) is 35.9 Å². The van der Waals surface area contributed by atoms with Crippen LogP contribution in [0.5, 0.6) is 0 Å². The molecule has 7 heteroatoms. The van der Waals surface area contributed by atoms with Crippen LogP contribution in [0.15, 0.2) is 42.5 Å². The quantitative estimate of drug-likeness (QED) is 0.561. The van der Waals surface area contributed by atoms with Crippen LogP contribution in [-0.2, 0) is 16.2 Å². The van der Waals surface area contributed by atoms with Crippen LogP contribution < -0.4 is 0 Å². The molecule has 170 valence electrons. The molecule has 2 heterocycles. The molecular weight excluding hydrogens is 419 g/mol. The molecule has 1 saturated heterocycles. The van der Waals surface area contributed by atoms with Gasteiger partial charge in [0.2, 0.25) is 5.91 Å². The lowest BCUT2D eigenvalue weighted by Gasteiger charge is -2.32. The van der Waals surface area contributed by atoms with Crippen molar-refractivity contribution in [2.24, 2.45) is 11.8 Å². The van der Waals surface area contributed by atoms with E-state index in [1.807, 2.05) is 24.3 Å². The largest absolute Gasteiger partial charge is 0.272 e. The number of aryl methyl sites for hydroxylation is 1. The van der Waals surface area contributed by atoms with Gasteiger partial charge in [0.1, 0.15) is 5.82 Å². The fourth-order valence-electron chi connectivity index (χ4n) is 5.26. The molecule has 1 aliphatic carbocycles. The Kier molecular flexibility index (Phi) is 5.86. The van der Waals surface area contributed by atoms with Crippen molar-refractivity contribution in [2.45, 2.75) is 51.6 Å². The lowest BCUT2D eigenvalue weighted by molar-refractivity contribution is -0.183. The number of amides is 1. The van der Waals surface area contributed by atoms with Crippen molar-refractivity contribution in [3.63, 3.8) is 0 Å². The van der Waals surface area contributed by atoms with Gasteiger partial charge in [0.05, 0.1) is 29.8 Å². The number of hydroxylamine groups is 2. The van der Waals surface area contributed by atoms with Crippen LogP contribution >= 0.6 is 0 Å². The number of nitrogens with zero attached hydrogens (tertiary/aromatic N) is 4. The summed E-state index contributed by atoms with van der Waals surface area (Å²) in [6, 6.07) is 14.1. The monoisotopic (exact) mass is 446 g/mol. The van der Waals surface area contributed by atoms with E-state index in [2.05, 4.69) is 17.7 Å². The highest BCUT2D eigenvalue weighted by molar-refractivity contribution is 5.81. The predicted molar refractivity (Wildman–Crippen MR) is 121 cm³/mol. The minimum absolute atomic E-state index is 0.0280. The second-order valence-corrected chi connectivity index (χ2v) is 9.19. The zero-order chi connectivity index (χ0) is 22.9. The lowest BCUT2D eigenvalue weighted by Crippen LogP contribution is -2.37. The van der Waals surface area contributed by atoms with Gasteiger partial charge in [-0.25, -0.2) is 9.45 Å². The summed E-state index contributed by atoms with van der Waals surface area (Å²) in [5, 5.41) is 16.5. The fourth-order valence-corrected chi connectivity index (χ4v) is 5.26. The molecule has 0 N–H and O–H groups in total. The maximum Gasteiger partial charge on any atom is 0.249 e. The Morgan fingerprint density at radius 2 is 1.97 bits per heavy atom. The third-order valence-electron chi connectivity index (χ3n) is 7.09. The lowest BCUT2D eigenvalue weighted by atomic mass is 9.81. The smallest absolute Gasteiger partial charge is 0.249 e. The molecule has 1 saturated carbocycles. The second-order valence-electron chi connectivity index (χ2n) is 9.19. The number of fused-ring (bicyclic) bond motifs is 1. The van der Waals surface area contributed by atoms with Crippen molar-refractivity contribution < 1.29 is 14.0 Å². The Labute approximate surface area is 192 Å². The maximum atomic E-state index is 14.0. The second kappa shape index (κ2) is 8.95. The zero-order valence-electron chi connectivity index (χ0n) is 18.7. The molecule has 3 aromatic rings. The van der Waals surface area contributed by atoms with Gasteiger partial charge in [-0.2, -0.15) is 10.4 Å². The van der Waals surface area contributed by atoms with Gasteiger partial charge in [-0.05, 0) is 68.4 Å². The Bertz CT molecular complexity index is 1220. The molecular formula is C26H27FN4O2. The Balaban J connectivity index is 1.23. The number of hydrogen-bond acceptors (Lipinski definition) is 4. The van der Waals surface area contributed by atoms with E-state index in [0.717, 1.165) is 37.7 Å². The first-order valence-electron chi connectivity index (χ1n) is 11.6. The molecule has 6 nitrogen and oxygen atoms in total. The van der Waals surface area contributed by atoms with E-state index in [-0.39, 0.29) is 23.4 Å². The van der Waals surface area contributed by atoms with E-state index < -0.39 is 5.82 Å². The maximum absolute atomic E-state index is 14.0. The van der Waals surface area contributed by atoms with Crippen molar-refractivity contribution >= 4 is 16.8 Å². The molecule has 1 amide bonds. The molecule has 0 radical (unpaired) electrons. The summed E-state index contributed by atoms with van der Waals surface area (Å²) < 4.78 is 16.1. The third-order valence-corrected chi connectivity index (χ3v) is 7.09. The van der Waals surface area contributed by atoms with Crippen molar-refractivity contribution in [1.29, 1.82) is 5.26 Å². The number of halogens is 1. The average molecular weight is 447 g/mol. The van der Waals surface area contributed by atoms with Crippen molar-refractivity contribution in [2.75, 3.05) is 6.61 Å². The molecule has 0 spiro atoms. The van der Waals surface area contributed by atoms with E-state index in [9.17, 15) is 9.18 Å². The van der Waals surface area contributed by atoms with Gasteiger partial charge in [0.15, 0.2) is 0 Å². The third kappa shape index (κ3) is 4.23. The van der Waals surface area contributed by atoms with Crippen molar-refractivity contribution in [3.05, 3.63) is 65.1 Å². The van der Waals surface area contributed by atoms with E-state index in [1.54, 1.807) is 6.07 Å². The first-order chi connectivity index (χ1) is 16.0. The molecule has 5 rings (SSSR count). The molecule has 0 unspecified atom stereocenters. The summed E-state index contributed by atoms with van der Waals surface area (Å²) in [6.07, 6.45) is 4.14. The van der Waals surface area contributed by atoms with Gasteiger partial charge in [-0.15, -0.1) is 0 Å². The normalized spacial score (nSPS) is 23.1. The van der Waals surface area contributed by atoms with Gasteiger partial charge in [-0.3, -0.25) is 14.3 Å². The average Bonchev–Trinajstić information content (AvgIpc) is 3.44. The molecule has 1 atom stereocenters. The Hall–Kier alpha value is -3.24. The predicted octanol–water partition coefficient (Wildman–Crippen LogP) is 5.07. The topological polar surface area (TPSA) is 71.2 Å².